The summed E-state index contributed by atoms with van der Waals surface area (Å²) in [5, 5.41) is 5.16. The Hall–Kier alpha value is -2.28. The number of hydrogen-bond donors (Lipinski definition) is 1. The number of allylic oxidation sites excluding steroid dienone is 2. The average molecular weight is 485 g/mol. The second kappa shape index (κ2) is 8.01. The van der Waals surface area contributed by atoms with Crippen molar-refractivity contribution in [2.75, 3.05) is 0 Å². The Labute approximate surface area is 179 Å². The highest BCUT2D eigenvalue weighted by Crippen LogP contribution is 2.49. The predicted octanol–water partition coefficient (Wildman–Crippen LogP) is 4.81. The lowest BCUT2D eigenvalue weighted by atomic mass is 9.88. The fourth-order valence-electron chi connectivity index (χ4n) is 3.38. The zero-order valence-electron chi connectivity index (χ0n) is 15.5. The number of fused-ring (bicyclic) bond motifs is 1. The molecule has 0 fully saturated rings. The molecule has 2 atom stereocenters. The van der Waals surface area contributed by atoms with Crippen LogP contribution in [0.2, 0.25) is 0 Å². The third-order valence-corrected chi connectivity index (χ3v) is 6.85. The van der Waals surface area contributed by atoms with Crippen molar-refractivity contribution in [3.8, 4) is 0 Å². The standard InChI is InChI=1S/C18H13F6NO4S2/c1-7-9(4-14(27)28)10-3-13(26)11(19)5-12(10)25(7)16(29)8-2-15(30-6-8)31-18(23,24)17(20,21)22/h2-3,6,11-12H,4-5H2,1H3,(H,27,28). The summed E-state index contributed by atoms with van der Waals surface area (Å²) in [6, 6.07) is -0.119. The van der Waals surface area contributed by atoms with E-state index in [4.69, 9.17) is 5.11 Å². The zero-order valence-corrected chi connectivity index (χ0v) is 17.1. The Morgan fingerprint density at radius 1 is 1.29 bits per heavy atom. The number of thioether (sulfide) groups is 1. The first kappa shape index (κ1) is 23.4. The number of amides is 1. The second-order valence-electron chi connectivity index (χ2n) is 6.80. The molecule has 0 saturated carbocycles. The maximum absolute atomic E-state index is 14.0. The van der Waals surface area contributed by atoms with E-state index in [1.807, 2.05) is 0 Å². The monoisotopic (exact) mass is 485 g/mol. The minimum absolute atomic E-state index is 0.145. The lowest BCUT2D eigenvalue weighted by Crippen LogP contribution is -2.41. The zero-order chi connectivity index (χ0) is 23.3. The highest BCUT2D eigenvalue weighted by atomic mass is 32.2. The van der Waals surface area contributed by atoms with Gasteiger partial charge in [0.15, 0.2) is 12.0 Å². The molecular weight excluding hydrogens is 472 g/mol. The molecule has 0 aromatic carbocycles. The summed E-state index contributed by atoms with van der Waals surface area (Å²) >= 11 is -0.244. The summed E-state index contributed by atoms with van der Waals surface area (Å²) in [6.07, 6.45) is -7.71. The molecule has 1 amide bonds. The SMILES string of the molecule is CC1=C(CC(=O)O)C2=CC(=O)C(F)CC2N1C(=O)c1csc(SC(F)(F)C(F)(F)F)c1. The van der Waals surface area contributed by atoms with Gasteiger partial charge in [0, 0.05) is 17.5 Å². The fourth-order valence-corrected chi connectivity index (χ4v) is 5.19. The molecule has 13 heteroatoms. The van der Waals surface area contributed by atoms with Gasteiger partial charge in [-0.1, -0.05) is 0 Å². The Balaban J connectivity index is 1.93. The molecular formula is C18H13F6NO4S2. The molecule has 168 valence electrons. The summed E-state index contributed by atoms with van der Waals surface area (Å²) in [5.74, 6) is -2.93. The van der Waals surface area contributed by atoms with Crippen LogP contribution in [-0.4, -0.2) is 51.3 Å². The lowest BCUT2D eigenvalue weighted by molar-refractivity contribution is -0.237. The van der Waals surface area contributed by atoms with E-state index in [0.29, 0.717) is 11.3 Å². The van der Waals surface area contributed by atoms with E-state index >= 15 is 0 Å². The van der Waals surface area contributed by atoms with Gasteiger partial charge in [-0.15, -0.1) is 11.3 Å². The number of aliphatic carboxylic acids is 1. The van der Waals surface area contributed by atoms with E-state index in [0.717, 1.165) is 22.4 Å². The lowest BCUT2D eigenvalue weighted by Gasteiger charge is -2.30. The molecule has 3 rings (SSSR count). The van der Waals surface area contributed by atoms with Crippen LogP contribution in [0.3, 0.4) is 0 Å². The highest BCUT2D eigenvalue weighted by Gasteiger charge is 2.58. The van der Waals surface area contributed by atoms with Crippen LogP contribution in [0, 0.1) is 0 Å². The van der Waals surface area contributed by atoms with E-state index in [-0.39, 0.29) is 22.4 Å². The van der Waals surface area contributed by atoms with Crippen LogP contribution in [-0.2, 0) is 9.59 Å². The first-order valence-electron chi connectivity index (χ1n) is 8.60. The van der Waals surface area contributed by atoms with Crippen LogP contribution < -0.4 is 0 Å². The number of ketones is 1. The Kier molecular flexibility index (Phi) is 6.04. The highest BCUT2D eigenvalue weighted by molar-refractivity contribution is 8.02. The molecule has 2 unspecified atom stereocenters. The summed E-state index contributed by atoms with van der Waals surface area (Å²) in [4.78, 5) is 37.0. The van der Waals surface area contributed by atoms with Gasteiger partial charge in [0.05, 0.1) is 22.2 Å². The second-order valence-corrected chi connectivity index (χ2v) is 9.13. The molecule has 31 heavy (non-hydrogen) atoms. The number of carbonyl (C=O) groups excluding carboxylic acids is 2. The first-order valence-corrected chi connectivity index (χ1v) is 10.3. The van der Waals surface area contributed by atoms with Crippen molar-refractivity contribution in [1.29, 1.82) is 0 Å². The minimum atomic E-state index is -5.78. The van der Waals surface area contributed by atoms with Crippen molar-refractivity contribution in [1.82, 2.24) is 4.90 Å². The van der Waals surface area contributed by atoms with Crippen molar-refractivity contribution in [3.63, 3.8) is 0 Å². The van der Waals surface area contributed by atoms with Gasteiger partial charge in [-0.2, -0.15) is 22.0 Å². The molecule has 2 heterocycles. The smallest absolute Gasteiger partial charge is 0.464 e. The van der Waals surface area contributed by atoms with E-state index in [2.05, 4.69) is 0 Å². The minimum Gasteiger partial charge on any atom is -0.481 e. The van der Waals surface area contributed by atoms with E-state index < -0.39 is 70.1 Å². The molecule has 0 bridgehead atoms. The molecule has 0 saturated heterocycles. The van der Waals surface area contributed by atoms with Crippen molar-refractivity contribution >= 4 is 40.8 Å². The number of thiophene rings is 1. The number of carboxylic acid groups (broad SMARTS) is 1. The predicted molar refractivity (Wildman–Crippen MR) is 98.7 cm³/mol. The third kappa shape index (κ3) is 4.38. The molecule has 1 aromatic heterocycles. The van der Waals surface area contributed by atoms with Crippen LogP contribution in [0.5, 0.6) is 0 Å². The van der Waals surface area contributed by atoms with Gasteiger partial charge in [-0.3, -0.25) is 14.4 Å². The number of carboxylic acids is 1. The van der Waals surface area contributed by atoms with E-state index in [1.165, 1.54) is 6.92 Å². The molecule has 1 aliphatic heterocycles. The molecule has 5 nitrogen and oxygen atoms in total. The van der Waals surface area contributed by atoms with Gasteiger partial charge < -0.3 is 10.0 Å². The number of carbonyl (C=O) groups is 3. The van der Waals surface area contributed by atoms with Crippen LogP contribution in [0.25, 0.3) is 0 Å². The molecule has 1 aromatic rings. The van der Waals surface area contributed by atoms with Crippen molar-refractivity contribution in [3.05, 3.63) is 39.9 Å². The van der Waals surface area contributed by atoms with Crippen LogP contribution in [0.4, 0.5) is 26.3 Å². The van der Waals surface area contributed by atoms with Gasteiger partial charge in [0.25, 0.3) is 5.91 Å². The third-order valence-electron chi connectivity index (χ3n) is 4.78. The van der Waals surface area contributed by atoms with Crippen LogP contribution in [0.1, 0.15) is 30.1 Å². The van der Waals surface area contributed by atoms with Crippen molar-refractivity contribution in [2.45, 2.75) is 47.6 Å². The molecule has 1 aliphatic carbocycles. The van der Waals surface area contributed by atoms with Gasteiger partial charge >= 0.3 is 17.4 Å². The van der Waals surface area contributed by atoms with E-state index in [1.54, 1.807) is 0 Å². The quantitative estimate of drug-likeness (QED) is 0.479. The topological polar surface area (TPSA) is 74.7 Å². The van der Waals surface area contributed by atoms with Crippen molar-refractivity contribution in [2.24, 2.45) is 0 Å². The average Bonchev–Trinajstić information content (AvgIpc) is 3.18. The van der Waals surface area contributed by atoms with Crippen molar-refractivity contribution < 1.29 is 45.8 Å². The van der Waals surface area contributed by atoms with Gasteiger partial charge in [0.2, 0.25) is 0 Å². The molecule has 1 N–H and O–H groups in total. The normalized spacial score (nSPS) is 22.0. The number of alkyl halides is 6. The number of nitrogens with zero attached hydrogens (tertiary/aromatic N) is 1. The first-order chi connectivity index (χ1) is 14.2. The summed E-state index contributed by atoms with van der Waals surface area (Å²) in [5.41, 5.74) is 0.264. The van der Waals surface area contributed by atoms with Crippen LogP contribution in [0.15, 0.2) is 38.6 Å². The molecule has 2 aliphatic rings. The number of rotatable bonds is 5. The van der Waals surface area contributed by atoms with Gasteiger partial charge in [0.1, 0.15) is 0 Å². The van der Waals surface area contributed by atoms with E-state index in [9.17, 15) is 40.7 Å². The number of hydrogen-bond acceptors (Lipinski definition) is 5. The van der Waals surface area contributed by atoms with Crippen LogP contribution >= 0.6 is 23.1 Å². The maximum Gasteiger partial charge on any atom is 0.464 e. The number of halogens is 6. The maximum atomic E-state index is 14.0. The Bertz CT molecular complexity index is 1010. The summed E-state index contributed by atoms with van der Waals surface area (Å²) in [6.45, 7) is 1.40. The largest absolute Gasteiger partial charge is 0.481 e. The van der Waals surface area contributed by atoms with Gasteiger partial charge in [-0.05, 0) is 42.0 Å². The van der Waals surface area contributed by atoms with Gasteiger partial charge in [-0.25, -0.2) is 4.39 Å². The molecule has 0 spiro atoms. The Morgan fingerprint density at radius 2 is 1.94 bits per heavy atom. The summed E-state index contributed by atoms with van der Waals surface area (Å²) in [7, 11) is 0. The Morgan fingerprint density at radius 3 is 2.52 bits per heavy atom. The fraction of sp³-hybridized carbons (Fsp3) is 0.389. The summed E-state index contributed by atoms with van der Waals surface area (Å²) < 4.78 is 77.3. The molecule has 0 radical (unpaired) electrons.